The molecule has 0 saturated carbocycles. The summed E-state index contributed by atoms with van der Waals surface area (Å²) in [5.41, 5.74) is 1.99. The summed E-state index contributed by atoms with van der Waals surface area (Å²) in [6.07, 6.45) is 1.42. The molecule has 6 nitrogen and oxygen atoms in total. The van der Waals surface area contributed by atoms with Crippen LogP contribution >= 0.6 is 22.9 Å². The van der Waals surface area contributed by atoms with Gasteiger partial charge in [-0.1, -0.05) is 23.7 Å². The van der Waals surface area contributed by atoms with Gasteiger partial charge in [-0.3, -0.25) is 9.59 Å². The number of benzene rings is 2. The Kier molecular flexibility index (Phi) is 7.07. The van der Waals surface area contributed by atoms with E-state index in [1.54, 1.807) is 29.6 Å². The van der Waals surface area contributed by atoms with Gasteiger partial charge in [0.1, 0.15) is 16.5 Å². The number of carbonyl (C=O) groups excluding carboxylic acids is 2. The molecule has 1 saturated heterocycles. The summed E-state index contributed by atoms with van der Waals surface area (Å²) < 4.78 is 5.43. The van der Waals surface area contributed by atoms with Crippen LogP contribution in [0.15, 0.2) is 53.9 Å². The Morgan fingerprint density at radius 3 is 2.47 bits per heavy atom. The molecule has 0 bridgehead atoms. The van der Waals surface area contributed by atoms with Gasteiger partial charge in [0, 0.05) is 40.7 Å². The Balaban J connectivity index is 1.29. The van der Waals surface area contributed by atoms with Crippen LogP contribution in [0.5, 0.6) is 5.75 Å². The van der Waals surface area contributed by atoms with Crippen LogP contribution in [0.4, 0.5) is 0 Å². The minimum atomic E-state index is -0.183. The number of likely N-dealkylation sites (tertiary alicyclic amines) is 1. The van der Waals surface area contributed by atoms with E-state index < -0.39 is 0 Å². The highest BCUT2D eigenvalue weighted by molar-refractivity contribution is 7.13. The summed E-state index contributed by atoms with van der Waals surface area (Å²) in [4.78, 5) is 31.7. The maximum Gasteiger partial charge on any atom is 0.270 e. The van der Waals surface area contributed by atoms with Crippen molar-refractivity contribution >= 4 is 34.8 Å². The van der Waals surface area contributed by atoms with Crippen LogP contribution in [-0.4, -0.2) is 47.4 Å². The van der Waals surface area contributed by atoms with E-state index in [4.69, 9.17) is 16.3 Å². The predicted octanol–water partition coefficient (Wildman–Crippen LogP) is 4.90. The monoisotopic (exact) mass is 469 g/mol. The summed E-state index contributed by atoms with van der Waals surface area (Å²) in [5.74, 6) is 0.578. The Morgan fingerprint density at radius 1 is 1.12 bits per heavy atom. The van der Waals surface area contributed by atoms with Gasteiger partial charge in [-0.2, -0.15) is 0 Å². The number of aromatic nitrogens is 1. The molecular formula is C24H24ClN3O3S. The van der Waals surface area contributed by atoms with Crippen LogP contribution in [0.1, 0.15) is 40.6 Å². The summed E-state index contributed by atoms with van der Waals surface area (Å²) in [6.45, 7) is 3.72. The Hall–Kier alpha value is -2.90. The third kappa shape index (κ3) is 5.29. The highest BCUT2D eigenvalue weighted by Crippen LogP contribution is 2.25. The molecule has 0 radical (unpaired) electrons. The lowest BCUT2D eigenvalue weighted by atomic mass is 10.0. The van der Waals surface area contributed by atoms with Crippen molar-refractivity contribution in [2.75, 3.05) is 19.7 Å². The fourth-order valence-electron chi connectivity index (χ4n) is 3.63. The first-order chi connectivity index (χ1) is 15.5. The molecule has 0 unspecified atom stereocenters. The number of nitrogens with one attached hydrogen (secondary N) is 1. The zero-order valence-corrected chi connectivity index (χ0v) is 19.3. The van der Waals surface area contributed by atoms with E-state index in [0.29, 0.717) is 48.8 Å². The lowest BCUT2D eigenvalue weighted by molar-refractivity contribution is 0.0697. The second kappa shape index (κ2) is 10.1. The number of amides is 2. The van der Waals surface area contributed by atoms with E-state index in [1.165, 1.54) is 11.3 Å². The molecule has 1 N–H and O–H groups in total. The third-order valence-corrected chi connectivity index (χ3v) is 6.50. The fraction of sp³-hybridized carbons (Fsp3) is 0.292. The topological polar surface area (TPSA) is 71.5 Å². The van der Waals surface area contributed by atoms with Crippen molar-refractivity contribution in [2.45, 2.75) is 25.8 Å². The minimum Gasteiger partial charge on any atom is -0.494 e. The SMILES string of the molecule is CCOc1ccc(C(=O)N2CCC(NC(=O)c3csc(-c4ccc(Cl)cc4)n3)CC2)cc1. The van der Waals surface area contributed by atoms with Gasteiger partial charge in [0.25, 0.3) is 11.8 Å². The van der Waals surface area contributed by atoms with Gasteiger partial charge >= 0.3 is 0 Å². The van der Waals surface area contributed by atoms with E-state index in [0.717, 1.165) is 16.3 Å². The van der Waals surface area contributed by atoms with Gasteiger partial charge in [0.15, 0.2) is 0 Å². The van der Waals surface area contributed by atoms with Crippen molar-refractivity contribution in [1.29, 1.82) is 0 Å². The molecule has 32 heavy (non-hydrogen) atoms. The number of piperidine rings is 1. The van der Waals surface area contributed by atoms with Crippen molar-refractivity contribution < 1.29 is 14.3 Å². The maximum atomic E-state index is 12.8. The fourth-order valence-corrected chi connectivity index (χ4v) is 4.56. The number of hydrogen-bond donors (Lipinski definition) is 1. The Bertz CT molecular complexity index is 1070. The molecule has 2 amide bonds. The first kappa shape index (κ1) is 22.3. The molecule has 166 valence electrons. The zero-order valence-electron chi connectivity index (χ0n) is 17.7. The minimum absolute atomic E-state index is 0.00457. The zero-order chi connectivity index (χ0) is 22.5. The highest BCUT2D eigenvalue weighted by atomic mass is 35.5. The number of nitrogens with zero attached hydrogens (tertiary/aromatic N) is 2. The number of thiazole rings is 1. The van der Waals surface area contributed by atoms with Crippen LogP contribution in [-0.2, 0) is 0 Å². The van der Waals surface area contributed by atoms with Crippen LogP contribution in [0.25, 0.3) is 10.6 Å². The molecule has 1 aliphatic heterocycles. The number of ether oxygens (including phenoxy) is 1. The van der Waals surface area contributed by atoms with E-state index in [1.807, 2.05) is 36.1 Å². The normalized spacial score (nSPS) is 14.2. The first-order valence-electron chi connectivity index (χ1n) is 10.6. The average Bonchev–Trinajstić information content (AvgIpc) is 3.31. The summed E-state index contributed by atoms with van der Waals surface area (Å²) in [6, 6.07) is 14.6. The second-order valence-electron chi connectivity index (χ2n) is 7.54. The molecule has 8 heteroatoms. The van der Waals surface area contributed by atoms with Gasteiger partial charge in [-0.25, -0.2) is 4.98 Å². The van der Waals surface area contributed by atoms with Crippen LogP contribution < -0.4 is 10.1 Å². The van der Waals surface area contributed by atoms with Crippen LogP contribution in [0, 0.1) is 0 Å². The molecular weight excluding hydrogens is 446 g/mol. The molecule has 1 aliphatic rings. The molecule has 1 fully saturated rings. The summed E-state index contributed by atoms with van der Waals surface area (Å²) >= 11 is 7.36. The number of carbonyl (C=O) groups is 2. The smallest absolute Gasteiger partial charge is 0.270 e. The van der Waals surface area contributed by atoms with Crippen molar-refractivity contribution in [3.8, 4) is 16.3 Å². The van der Waals surface area contributed by atoms with Gasteiger partial charge < -0.3 is 15.0 Å². The van der Waals surface area contributed by atoms with Crippen LogP contribution in [0.2, 0.25) is 5.02 Å². The van der Waals surface area contributed by atoms with E-state index in [-0.39, 0.29) is 17.9 Å². The molecule has 4 rings (SSSR count). The number of halogens is 1. The number of rotatable bonds is 6. The Morgan fingerprint density at radius 2 is 1.81 bits per heavy atom. The number of hydrogen-bond acceptors (Lipinski definition) is 5. The largest absolute Gasteiger partial charge is 0.494 e. The van der Waals surface area contributed by atoms with E-state index in [2.05, 4.69) is 10.3 Å². The van der Waals surface area contributed by atoms with Crippen molar-refractivity contribution in [3.63, 3.8) is 0 Å². The van der Waals surface area contributed by atoms with Crippen molar-refractivity contribution in [2.24, 2.45) is 0 Å². The third-order valence-electron chi connectivity index (χ3n) is 5.36. The van der Waals surface area contributed by atoms with Crippen molar-refractivity contribution in [1.82, 2.24) is 15.2 Å². The quantitative estimate of drug-likeness (QED) is 0.557. The maximum absolute atomic E-state index is 12.8. The molecule has 1 aromatic heterocycles. The summed E-state index contributed by atoms with van der Waals surface area (Å²) in [7, 11) is 0. The second-order valence-corrected chi connectivity index (χ2v) is 8.84. The van der Waals surface area contributed by atoms with Crippen molar-refractivity contribution in [3.05, 3.63) is 70.2 Å². The molecule has 0 atom stereocenters. The predicted molar refractivity (Wildman–Crippen MR) is 127 cm³/mol. The molecule has 2 aromatic carbocycles. The van der Waals surface area contributed by atoms with Gasteiger partial charge in [0.05, 0.1) is 6.61 Å². The highest BCUT2D eigenvalue weighted by Gasteiger charge is 2.25. The van der Waals surface area contributed by atoms with Gasteiger partial charge in [-0.05, 0) is 56.2 Å². The van der Waals surface area contributed by atoms with Crippen LogP contribution in [0.3, 0.4) is 0 Å². The van der Waals surface area contributed by atoms with E-state index in [9.17, 15) is 9.59 Å². The molecule has 2 heterocycles. The first-order valence-corrected chi connectivity index (χ1v) is 11.8. The molecule has 3 aromatic rings. The standard InChI is InChI=1S/C24H24ClN3O3S/c1-2-31-20-9-5-17(6-10-20)24(30)28-13-11-19(12-14-28)26-22(29)21-15-32-23(27-21)16-3-7-18(25)8-4-16/h3-10,15,19H,2,11-14H2,1H3,(H,26,29). The van der Waals surface area contributed by atoms with Gasteiger partial charge in [0.2, 0.25) is 0 Å². The lowest BCUT2D eigenvalue weighted by Gasteiger charge is -2.32. The Labute approximate surface area is 196 Å². The average molecular weight is 470 g/mol. The lowest BCUT2D eigenvalue weighted by Crippen LogP contribution is -2.46. The molecule has 0 spiro atoms. The summed E-state index contributed by atoms with van der Waals surface area (Å²) in [5, 5.41) is 6.27. The van der Waals surface area contributed by atoms with Gasteiger partial charge in [-0.15, -0.1) is 11.3 Å². The molecule has 0 aliphatic carbocycles. The van der Waals surface area contributed by atoms with E-state index >= 15 is 0 Å².